The van der Waals surface area contributed by atoms with E-state index in [4.69, 9.17) is 11.6 Å². The van der Waals surface area contributed by atoms with Gasteiger partial charge >= 0.3 is 0 Å². The maximum Gasteiger partial charge on any atom is 0.244 e. The molecule has 4 nitrogen and oxygen atoms in total. The van der Waals surface area contributed by atoms with Gasteiger partial charge in [-0.2, -0.15) is 5.10 Å². The highest BCUT2D eigenvalue weighted by Gasteiger charge is 2.05. The molecule has 0 atom stereocenters. The minimum absolute atomic E-state index is 0.0523. The molecule has 0 aliphatic carbocycles. The highest BCUT2D eigenvalue weighted by atomic mass is 35.5. The third kappa shape index (κ3) is 4.29. The molecule has 0 aliphatic rings. The molecule has 0 unspecified atom stereocenters. The van der Waals surface area contributed by atoms with Crippen LogP contribution in [0.15, 0.2) is 47.6 Å². The first kappa shape index (κ1) is 15.0. The molecular weight excluding hydrogens is 295 g/mol. The van der Waals surface area contributed by atoms with Crippen molar-refractivity contribution in [2.45, 2.75) is 6.42 Å². The summed E-state index contributed by atoms with van der Waals surface area (Å²) in [4.78, 5) is 11.7. The summed E-state index contributed by atoms with van der Waals surface area (Å²) in [5.41, 5.74) is 3.03. The first-order valence-electron chi connectivity index (χ1n) is 6.10. The topological polar surface area (TPSA) is 61.7 Å². The zero-order chi connectivity index (χ0) is 15.2. The average molecular weight is 307 g/mol. The highest BCUT2D eigenvalue weighted by molar-refractivity contribution is 6.33. The van der Waals surface area contributed by atoms with Crippen LogP contribution in [0, 0.1) is 5.82 Å². The summed E-state index contributed by atoms with van der Waals surface area (Å²) >= 11 is 5.82. The van der Waals surface area contributed by atoms with Crippen molar-refractivity contribution in [2.75, 3.05) is 0 Å². The molecule has 6 heteroatoms. The Bertz CT molecular complexity index is 669. The number of amides is 1. The van der Waals surface area contributed by atoms with E-state index >= 15 is 0 Å². The molecule has 0 heterocycles. The molecule has 0 aromatic heterocycles. The third-order valence-corrected chi connectivity index (χ3v) is 2.99. The molecule has 0 aliphatic heterocycles. The number of hydrazone groups is 1. The van der Waals surface area contributed by atoms with Gasteiger partial charge in [-0.3, -0.25) is 4.79 Å². The number of hydrogen-bond acceptors (Lipinski definition) is 3. The Hall–Kier alpha value is -2.40. The Morgan fingerprint density at radius 2 is 2.10 bits per heavy atom. The number of carbonyl (C=O) groups excluding carboxylic acids is 1. The van der Waals surface area contributed by atoms with E-state index < -0.39 is 5.82 Å². The smallest absolute Gasteiger partial charge is 0.244 e. The predicted octanol–water partition coefficient (Wildman–Crippen LogP) is 2.88. The summed E-state index contributed by atoms with van der Waals surface area (Å²) in [6.07, 6.45) is 1.20. The van der Waals surface area contributed by atoms with Gasteiger partial charge in [0.25, 0.3) is 0 Å². The van der Waals surface area contributed by atoms with E-state index in [1.807, 2.05) is 0 Å². The molecule has 0 bridgehead atoms. The summed E-state index contributed by atoms with van der Waals surface area (Å²) in [5, 5.41) is 13.2. The summed E-state index contributed by atoms with van der Waals surface area (Å²) in [6.45, 7) is 0. The highest BCUT2D eigenvalue weighted by Crippen LogP contribution is 2.16. The first-order valence-corrected chi connectivity index (χ1v) is 6.48. The predicted molar refractivity (Wildman–Crippen MR) is 79.0 cm³/mol. The van der Waals surface area contributed by atoms with Crippen LogP contribution in [0.25, 0.3) is 0 Å². The van der Waals surface area contributed by atoms with Crippen LogP contribution in [0.2, 0.25) is 5.02 Å². The van der Waals surface area contributed by atoms with Crippen molar-refractivity contribution >= 4 is 23.7 Å². The molecule has 0 saturated heterocycles. The van der Waals surface area contributed by atoms with Crippen LogP contribution in [0.1, 0.15) is 11.1 Å². The standard InChI is InChI=1S/C15H12ClFN2O2/c16-13-5-2-6-14(17)12(13)9-18-19-15(21)8-10-3-1-4-11(20)7-10/h1-7,9,20H,8H2,(H,19,21)/b18-9+. The van der Waals surface area contributed by atoms with E-state index in [0.29, 0.717) is 5.56 Å². The van der Waals surface area contributed by atoms with Crippen molar-refractivity contribution in [3.05, 3.63) is 64.4 Å². The monoisotopic (exact) mass is 306 g/mol. The van der Waals surface area contributed by atoms with Crippen molar-refractivity contribution in [3.8, 4) is 5.75 Å². The third-order valence-electron chi connectivity index (χ3n) is 2.66. The number of aromatic hydroxyl groups is 1. The molecule has 2 aromatic rings. The second-order valence-corrected chi connectivity index (χ2v) is 4.68. The van der Waals surface area contributed by atoms with Crippen molar-refractivity contribution in [1.29, 1.82) is 0 Å². The average Bonchev–Trinajstić information content (AvgIpc) is 2.42. The molecular formula is C15H12ClFN2O2. The van der Waals surface area contributed by atoms with Gasteiger partial charge in [-0.15, -0.1) is 0 Å². The summed E-state index contributed by atoms with van der Waals surface area (Å²) < 4.78 is 13.4. The van der Waals surface area contributed by atoms with E-state index in [2.05, 4.69) is 10.5 Å². The van der Waals surface area contributed by atoms with Gasteiger partial charge in [0.2, 0.25) is 5.91 Å². The van der Waals surface area contributed by atoms with Crippen LogP contribution in [0.5, 0.6) is 5.75 Å². The Morgan fingerprint density at radius 3 is 2.81 bits per heavy atom. The number of halogens is 2. The number of phenolic OH excluding ortho intramolecular Hbond substituents is 1. The Kier molecular flexibility index (Phi) is 4.90. The molecule has 108 valence electrons. The minimum atomic E-state index is -0.520. The Balaban J connectivity index is 1.96. The molecule has 0 spiro atoms. The second-order valence-electron chi connectivity index (χ2n) is 4.28. The summed E-state index contributed by atoms with van der Waals surface area (Å²) in [5.74, 6) is -0.820. The molecule has 2 rings (SSSR count). The second kappa shape index (κ2) is 6.85. The fourth-order valence-corrected chi connectivity index (χ4v) is 1.91. The normalized spacial score (nSPS) is 10.8. The molecule has 21 heavy (non-hydrogen) atoms. The fraction of sp³-hybridized carbons (Fsp3) is 0.0667. The van der Waals surface area contributed by atoms with E-state index in [9.17, 15) is 14.3 Å². The Labute approximate surface area is 125 Å². The fourth-order valence-electron chi connectivity index (χ4n) is 1.69. The maximum atomic E-state index is 13.4. The lowest BCUT2D eigenvalue weighted by Crippen LogP contribution is -2.19. The molecule has 0 saturated carbocycles. The van der Waals surface area contributed by atoms with Crippen molar-refractivity contribution < 1.29 is 14.3 Å². The molecule has 2 aromatic carbocycles. The van der Waals surface area contributed by atoms with Crippen LogP contribution in [0.3, 0.4) is 0 Å². The zero-order valence-electron chi connectivity index (χ0n) is 10.9. The number of benzene rings is 2. The van der Waals surface area contributed by atoms with Crippen molar-refractivity contribution in [2.24, 2.45) is 5.10 Å². The van der Waals surface area contributed by atoms with Crippen molar-refractivity contribution in [3.63, 3.8) is 0 Å². The van der Waals surface area contributed by atoms with Gasteiger partial charge in [-0.05, 0) is 29.8 Å². The number of nitrogens with zero attached hydrogens (tertiary/aromatic N) is 1. The van der Waals surface area contributed by atoms with Crippen molar-refractivity contribution in [1.82, 2.24) is 5.43 Å². The Morgan fingerprint density at radius 1 is 1.33 bits per heavy atom. The van der Waals surface area contributed by atoms with Crippen LogP contribution < -0.4 is 5.43 Å². The van der Waals surface area contributed by atoms with Gasteiger partial charge in [-0.1, -0.05) is 29.8 Å². The lowest BCUT2D eigenvalue weighted by molar-refractivity contribution is -0.120. The zero-order valence-corrected chi connectivity index (χ0v) is 11.6. The van der Waals surface area contributed by atoms with Crippen LogP contribution in [-0.2, 0) is 11.2 Å². The SMILES string of the molecule is O=C(Cc1cccc(O)c1)N/N=C/c1c(F)cccc1Cl. The quantitative estimate of drug-likeness (QED) is 0.674. The molecule has 1 amide bonds. The number of rotatable bonds is 4. The summed E-state index contributed by atoms with van der Waals surface area (Å²) in [6, 6.07) is 10.6. The van der Waals surface area contributed by atoms with Gasteiger partial charge in [0.1, 0.15) is 11.6 Å². The van der Waals surface area contributed by atoms with E-state index in [-0.39, 0.29) is 28.7 Å². The maximum absolute atomic E-state index is 13.4. The summed E-state index contributed by atoms with van der Waals surface area (Å²) in [7, 11) is 0. The van der Waals surface area contributed by atoms with Gasteiger partial charge in [-0.25, -0.2) is 9.82 Å². The molecule has 2 N–H and O–H groups in total. The van der Waals surface area contributed by atoms with Gasteiger partial charge in [0.05, 0.1) is 17.7 Å². The molecule has 0 radical (unpaired) electrons. The van der Waals surface area contributed by atoms with E-state index in [0.717, 1.165) is 6.21 Å². The number of carbonyl (C=O) groups is 1. The largest absolute Gasteiger partial charge is 0.508 e. The number of nitrogens with one attached hydrogen (secondary N) is 1. The lowest BCUT2D eigenvalue weighted by atomic mass is 10.1. The minimum Gasteiger partial charge on any atom is -0.508 e. The van der Waals surface area contributed by atoms with E-state index in [1.165, 1.54) is 30.3 Å². The van der Waals surface area contributed by atoms with Crippen LogP contribution >= 0.6 is 11.6 Å². The van der Waals surface area contributed by atoms with Crippen LogP contribution in [-0.4, -0.2) is 17.2 Å². The van der Waals surface area contributed by atoms with Gasteiger partial charge in [0.15, 0.2) is 0 Å². The van der Waals surface area contributed by atoms with Gasteiger partial charge < -0.3 is 5.11 Å². The number of hydrogen-bond donors (Lipinski definition) is 2. The molecule has 0 fully saturated rings. The lowest BCUT2D eigenvalue weighted by Gasteiger charge is -2.02. The van der Waals surface area contributed by atoms with E-state index in [1.54, 1.807) is 12.1 Å². The number of phenols is 1. The van der Waals surface area contributed by atoms with Crippen LogP contribution in [0.4, 0.5) is 4.39 Å². The first-order chi connectivity index (χ1) is 10.1. The van der Waals surface area contributed by atoms with Gasteiger partial charge in [0, 0.05) is 5.56 Å².